The van der Waals surface area contributed by atoms with Crippen LogP contribution in [0.5, 0.6) is 0 Å². The number of carbonyl (C=O) groups is 1. The first-order valence-corrected chi connectivity index (χ1v) is 7.63. The Morgan fingerprint density at radius 2 is 1.91 bits per heavy atom. The Morgan fingerprint density at radius 1 is 1.18 bits per heavy atom. The second-order valence-electron chi connectivity index (χ2n) is 5.42. The van der Waals surface area contributed by atoms with Crippen LogP contribution in [0.2, 0.25) is 0 Å². The second-order valence-corrected chi connectivity index (χ2v) is 5.42. The van der Waals surface area contributed by atoms with Gasteiger partial charge in [-0.1, -0.05) is 0 Å². The predicted molar refractivity (Wildman–Crippen MR) is 81.0 cm³/mol. The smallest absolute Gasteiger partial charge is 0.267 e. The van der Waals surface area contributed by atoms with Crippen LogP contribution in [0, 0.1) is 0 Å². The molecule has 2 aliphatic heterocycles. The molecular weight excluding hydrogens is 286 g/mol. The lowest BCUT2D eigenvalue weighted by atomic mass is 10.3. The Bertz CT molecular complexity index is 576. The van der Waals surface area contributed by atoms with Gasteiger partial charge in [0.05, 0.1) is 13.2 Å². The lowest BCUT2D eigenvalue weighted by Gasteiger charge is -2.29. The first-order chi connectivity index (χ1) is 10.7. The number of morpholine rings is 1. The molecule has 3 heterocycles. The molecule has 1 aromatic rings. The summed E-state index contributed by atoms with van der Waals surface area (Å²) in [7, 11) is 0. The number of aromatic nitrogens is 2. The maximum Gasteiger partial charge on any atom is 0.267 e. The number of carbonyl (C=O) groups excluding carboxylic acids is 1. The Balaban J connectivity index is 1.71. The molecule has 0 saturated carbocycles. The van der Waals surface area contributed by atoms with Gasteiger partial charge in [0.2, 0.25) is 5.91 Å². The van der Waals surface area contributed by atoms with E-state index < -0.39 is 0 Å². The maximum absolute atomic E-state index is 12.3. The van der Waals surface area contributed by atoms with Crippen molar-refractivity contribution < 1.29 is 9.53 Å². The monoisotopic (exact) mass is 307 g/mol. The zero-order chi connectivity index (χ0) is 15.4. The number of hydrogen-bond acceptors (Lipinski definition) is 6. The van der Waals surface area contributed by atoms with Gasteiger partial charge in [-0.2, -0.15) is 5.10 Å². The summed E-state index contributed by atoms with van der Waals surface area (Å²) in [5.41, 5.74) is -0.250. The van der Waals surface area contributed by atoms with Crippen molar-refractivity contribution in [1.29, 1.82) is 0 Å². The van der Waals surface area contributed by atoms with E-state index in [2.05, 4.69) is 15.3 Å². The number of ether oxygens (including phenoxy) is 1. The Kier molecular flexibility index (Phi) is 4.69. The van der Waals surface area contributed by atoms with Crippen LogP contribution in [0.3, 0.4) is 0 Å². The van der Waals surface area contributed by atoms with Gasteiger partial charge in [-0.3, -0.25) is 9.59 Å². The van der Waals surface area contributed by atoms with E-state index in [1.165, 1.54) is 10.7 Å². The molecule has 8 heteroatoms. The first kappa shape index (κ1) is 15.0. The Morgan fingerprint density at radius 3 is 2.64 bits per heavy atom. The van der Waals surface area contributed by atoms with Crippen LogP contribution in [-0.2, 0) is 16.1 Å². The van der Waals surface area contributed by atoms with E-state index in [0.29, 0.717) is 26.3 Å². The third-order valence-corrected chi connectivity index (χ3v) is 3.94. The molecule has 0 spiro atoms. The lowest BCUT2D eigenvalue weighted by molar-refractivity contribution is -0.136. The van der Waals surface area contributed by atoms with Crippen molar-refractivity contribution in [3.63, 3.8) is 0 Å². The number of piperazine rings is 1. The van der Waals surface area contributed by atoms with Crippen LogP contribution in [0.1, 0.15) is 0 Å². The minimum Gasteiger partial charge on any atom is -0.378 e. The molecule has 2 fully saturated rings. The lowest BCUT2D eigenvalue weighted by Crippen LogP contribution is -2.45. The molecule has 0 radical (unpaired) electrons. The summed E-state index contributed by atoms with van der Waals surface area (Å²) in [6, 6.07) is 3.21. The maximum atomic E-state index is 12.3. The third-order valence-electron chi connectivity index (χ3n) is 3.94. The number of anilines is 1. The van der Waals surface area contributed by atoms with Crippen molar-refractivity contribution in [2.45, 2.75) is 6.54 Å². The normalized spacial score (nSPS) is 19.3. The molecule has 1 N–H and O–H groups in total. The van der Waals surface area contributed by atoms with Crippen molar-refractivity contribution in [3.05, 3.63) is 22.5 Å². The quantitative estimate of drug-likeness (QED) is 0.733. The number of nitrogens with zero attached hydrogens (tertiary/aromatic N) is 4. The van der Waals surface area contributed by atoms with Gasteiger partial charge in [-0.25, -0.2) is 4.68 Å². The summed E-state index contributed by atoms with van der Waals surface area (Å²) < 4.78 is 6.49. The van der Waals surface area contributed by atoms with Gasteiger partial charge in [-0.05, 0) is 6.07 Å². The minimum atomic E-state index is -0.250. The molecule has 22 heavy (non-hydrogen) atoms. The van der Waals surface area contributed by atoms with Gasteiger partial charge < -0.3 is 19.9 Å². The number of rotatable bonds is 3. The summed E-state index contributed by atoms with van der Waals surface area (Å²) >= 11 is 0. The van der Waals surface area contributed by atoms with Crippen molar-refractivity contribution in [2.75, 3.05) is 57.4 Å². The predicted octanol–water partition coefficient (Wildman–Crippen LogP) is -1.49. The van der Waals surface area contributed by atoms with E-state index in [-0.39, 0.29) is 18.0 Å². The van der Waals surface area contributed by atoms with E-state index in [4.69, 9.17) is 4.74 Å². The van der Waals surface area contributed by atoms with E-state index in [1.807, 2.05) is 0 Å². The van der Waals surface area contributed by atoms with Crippen LogP contribution in [0.15, 0.2) is 16.9 Å². The fourth-order valence-corrected chi connectivity index (χ4v) is 2.65. The van der Waals surface area contributed by atoms with E-state index in [1.54, 1.807) is 11.0 Å². The molecule has 0 atom stereocenters. The van der Waals surface area contributed by atoms with Gasteiger partial charge >= 0.3 is 0 Å². The topological polar surface area (TPSA) is 79.7 Å². The highest BCUT2D eigenvalue weighted by atomic mass is 16.5. The SMILES string of the molecule is O=C(Cn1nc(N2CCNCC2)ccc1=O)N1CCOCC1. The molecule has 120 valence electrons. The van der Waals surface area contributed by atoms with Gasteiger partial charge in [0, 0.05) is 45.3 Å². The molecule has 2 aliphatic rings. The van der Waals surface area contributed by atoms with Gasteiger partial charge in [-0.15, -0.1) is 0 Å². The molecule has 2 saturated heterocycles. The first-order valence-electron chi connectivity index (χ1n) is 7.63. The third kappa shape index (κ3) is 3.45. The fourth-order valence-electron chi connectivity index (χ4n) is 2.65. The van der Waals surface area contributed by atoms with E-state index in [9.17, 15) is 9.59 Å². The second kappa shape index (κ2) is 6.89. The number of hydrogen-bond donors (Lipinski definition) is 1. The summed E-state index contributed by atoms with van der Waals surface area (Å²) in [6.07, 6.45) is 0. The summed E-state index contributed by atoms with van der Waals surface area (Å²) in [6.45, 7) is 5.73. The highest BCUT2D eigenvalue weighted by Gasteiger charge is 2.19. The molecule has 0 aliphatic carbocycles. The largest absolute Gasteiger partial charge is 0.378 e. The molecule has 3 rings (SSSR count). The molecule has 8 nitrogen and oxygen atoms in total. The average Bonchev–Trinajstić information content (AvgIpc) is 2.58. The van der Waals surface area contributed by atoms with Crippen molar-refractivity contribution in [2.24, 2.45) is 0 Å². The zero-order valence-corrected chi connectivity index (χ0v) is 12.5. The summed E-state index contributed by atoms with van der Waals surface area (Å²) in [4.78, 5) is 28.0. The van der Waals surface area contributed by atoms with Crippen molar-refractivity contribution in [3.8, 4) is 0 Å². The van der Waals surface area contributed by atoms with Gasteiger partial charge in [0.25, 0.3) is 5.56 Å². The highest BCUT2D eigenvalue weighted by Crippen LogP contribution is 2.08. The summed E-state index contributed by atoms with van der Waals surface area (Å²) in [5, 5.41) is 7.63. The minimum absolute atomic E-state index is 0.0151. The van der Waals surface area contributed by atoms with Crippen LogP contribution < -0.4 is 15.8 Å². The van der Waals surface area contributed by atoms with Crippen LogP contribution in [0.25, 0.3) is 0 Å². The highest BCUT2D eigenvalue weighted by molar-refractivity contribution is 5.76. The standard InChI is InChI=1S/C14H21N5O3/c20-13-2-1-12(17-5-3-15-4-6-17)16-19(13)11-14(21)18-7-9-22-10-8-18/h1-2,15H,3-11H2. The van der Waals surface area contributed by atoms with E-state index in [0.717, 1.165) is 32.0 Å². The Hall–Kier alpha value is -1.93. The molecular formula is C14H21N5O3. The molecule has 0 unspecified atom stereocenters. The average molecular weight is 307 g/mol. The van der Waals surface area contributed by atoms with Crippen molar-refractivity contribution >= 4 is 11.7 Å². The van der Waals surface area contributed by atoms with Crippen molar-refractivity contribution in [1.82, 2.24) is 20.0 Å². The fraction of sp³-hybridized carbons (Fsp3) is 0.643. The molecule has 1 amide bonds. The number of nitrogens with one attached hydrogen (secondary N) is 1. The van der Waals surface area contributed by atoms with E-state index >= 15 is 0 Å². The molecule has 1 aromatic heterocycles. The van der Waals surface area contributed by atoms with Crippen LogP contribution in [0.4, 0.5) is 5.82 Å². The van der Waals surface area contributed by atoms with Crippen LogP contribution in [-0.4, -0.2) is 73.1 Å². The molecule has 0 aromatic carbocycles. The van der Waals surface area contributed by atoms with Crippen LogP contribution >= 0.6 is 0 Å². The zero-order valence-electron chi connectivity index (χ0n) is 12.5. The molecule has 0 bridgehead atoms. The summed E-state index contributed by atoms with van der Waals surface area (Å²) in [5.74, 6) is 0.659. The van der Waals surface area contributed by atoms with Gasteiger partial charge in [0.1, 0.15) is 12.4 Å². The number of amides is 1. The van der Waals surface area contributed by atoms with Gasteiger partial charge in [0.15, 0.2) is 0 Å². The Labute approximate surface area is 128 Å².